The van der Waals surface area contributed by atoms with Gasteiger partial charge in [0.25, 0.3) is 5.91 Å². The Hall–Kier alpha value is -2.85. The van der Waals surface area contributed by atoms with Gasteiger partial charge in [-0.05, 0) is 49.2 Å². The largest absolute Gasteiger partial charge is 0.451 e. The number of furan rings is 1. The van der Waals surface area contributed by atoms with E-state index in [1.807, 2.05) is 55.6 Å². The highest BCUT2D eigenvalue weighted by molar-refractivity contribution is 6.03. The first-order valence-corrected chi connectivity index (χ1v) is 8.01. The zero-order chi connectivity index (χ0) is 16.7. The highest BCUT2D eigenvalue weighted by Gasteiger charge is 2.18. The van der Waals surface area contributed by atoms with Crippen LogP contribution in [0.15, 0.2) is 59.1 Å². The summed E-state index contributed by atoms with van der Waals surface area (Å²) < 4.78 is 7.45. The van der Waals surface area contributed by atoms with E-state index in [2.05, 4.69) is 0 Å². The topological polar surface area (TPSA) is 61.2 Å². The van der Waals surface area contributed by atoms with E-state index in [4.69, 9.17) is 10.2 Å². The Bertz CT molecular complexity index is 1060. The van der Waals surface area contributed by atoms with E-state index < -0.39 is 0 Å². The predicted octanol–water partition coefficient (Wildman–Crippen LogP) is 3.89. The fourth-order valence-electron chi connectivity index (χ4n) is 3.14. The Morgan fingerprint density at radius 3 is 2.83 bits per heavy atom. The maximum Gasteiger partial charge on any atom is 0.298 e. The number of benzene rings is 2. The lowest BCUT2D eigenvalue weighted by atomic mass is 10.1. The summed E-state index contributed by atoms with van der Waals surface area (Å²) in [4.78, 5) is 13.0. The molecule has 0 atom stereocenters. The molecule has 0 unspecified atom stereocenters. The Labute approximate surface area is 139 Å². The molecule has 0 saturated heterocycles. The molecule has 4 rings (SSSR count). The first-order valence-electron chi connectivity index (χ1n) is 8.01. The average molecular weight is 318 g/mol. The van der Waals surface area contributed by atoms with Crippen LogP contribution in [0.25, 0.3) is 21.9 Å². The van der Waals surface area contributed by atoms with E-state index in [9.17, 15) is 4.79 Å². The van der Waals surface area contributed by atoms with Gasteiger partial charge in [0.05, 0.1) is 5.52 Å². The van der Waals surface area contributed by atoms with Gasteiger partial charge in [0.1, 0.15) is 5.58 Å². The Balaban J connectivity index is 1.85. The standard InChI is InChI=1S/C20H18N2O2/c1-13-6-7-14-11-19(24-18(14)10-13)20(23)22-12-15(8-9-21)16-4-2-3-5-17(16)22/h2-7,10-12H,8-9,21H2,1H3. The molecule has 2 heterocycles. The van der Waals surface area contributed by atoms with Gasteiger partial charge in [0.2, 0.25) is 0 Å². The number of carbonyl (C=O) groups is 1. The van der Waals surface area contributed by atoms with Gasteiger partial charge in [-0.15, -0.1) is 0 Å². The molecule has 0 amide bonds. The molecule has 0 aliphatic rings. The summed E-state index contributed by atoms with van der Waals surface area (Å²) in [6, 6.07) is 15.6. The number of nitrogens with zero attached hydrogens (tertiary/aromatic N) is 1. The second-order valence-corrected chi connectivity index (χ2v) is 6.04. The van der Waals surface area contributed by atoms with Gasteiger partial charge in [0, 0.05) is 17.0 Å². The third-order valence-electron chi connectivity index (χ3n) is 4.31. The number of hydrogen-bond acceptors (Lipinski definition) is 3. The smallest absolute Gasteiger partial charge is 0.298 e. The van der Waals surface area contributed by atoms with Crippen LogP contribution in [0, 0.1) is 6.92 Å². The van der Waals surface area contributed by atoms with Crippen LogP contribution in [0.4, 0.5) is 0 Å². The van der Waals surface area contributed by atoms with Crippen molar-refractivity contribution < 1.29 is 9.21 Å². The van der Waals surface area contributed by atoms with Gasteiger partial charge < -0.3 is 10.2 Å². The number of fused-ring (bicyclic) bond motifs is 2. The lowest BCUT2D eigenvalue weighted by molar-refractivity contribution is 0.0939. The van der Waals surface area contributed by atoms with Crippen LogP contribution in [-0.4, -0.2) is 17.0 Å². The summed E-state index contributed by atoms with van der Waals surface area (Å²) in [6.45, 7) is 2.55. The molecule has 0 fully saturated rings. The summed E-state index contributed by atoms with van der Waals surface area (Å²) in [5.41, 5.74) is 9.49. The van der Waals surface area contributed by atoms with Gasteiger partial charge >= 0.3 is 0 Å². The van der Waals surface area contributed by atoms with Crippen LogP contribution >= 0.6 is 0 Å². The molecule has 0 radical (unpaired) electrons. The minimum absolute atomic E-state index is 0.164. The molecule has 0 aliphatic carbocycles. The third-order valence-corrected chi connectivity index (χ3v) is 4.31. The molecule has 0 bridgehead atoms. The summed E-state index contributed by atoms with van der Waals surface area (Å²) in [5, 5.41) is 1.99. The van der Waals surface area contributed by atoms with E-state index in [1.165, 1.54) is 0 Å². The number of carbonyl (C=O) groups excluding carboxylic acids is 1. The van der Waals surface area contributed by atoms with Crippen LogP contribution in [0.2, 0.25) is 0 Å². The minimum atomic E-state index is -0.164. The summed E-state index contributed by atoms with van der Waals surface area (Å²) >= 11 is 0. The van der Waals surface area contributed by atoms with Gasteiger partial charge in [-0.2, -0.15) is 0 Å². The SMILES string of the molecule is Cc1ccc2cc(C(=O)n3cc(CCN)c4ccccc43)oc2c1. The summed E-state index contributed by atoms with van der Waals surface area (Å²) in [7, 11) is 0. The number of para-hydroxylation sites is 1. The molecule has 2 aromatic carbocycles. The highest BCUT2D eigenvalue weighted by atomic mass is 16.3. The predicted molar refractivity (Wildman–Crippen MR) is 95.4 cm³/mol. The van der Waals surface area contributed by atoms with E-state index in [0.29, 0.717) is 12.3 Å². The molecular formula is C20H18N2O2. The number of aryl methyl sites for hydroxylation is 1. The summed E-state index contributed by atoms with van der Waals surface area (Å²) in [6.07, 6.45) is 2.61. The minimum Gasteiger partial charge on any atom is -0.451 e. The van der Waals surface area contributed by atoms with Crippen molar-refractivity contribution in [3.8, 4) is 0 Å². The molecule has 0 aliphatic heterocycles. The Kier molecular flexibility index (Phi) is 3.47. The fraction of sp³-hybridized carbons (Fsp3) is 0.150. The van der Waals surface area contributed by atoms with Crippen LogP contribution in [0.3, 0.4) is 0 Å². The Morgan fingerprint density at radius 1 is 1.17 bits per heavy atom. The number of nitrogens with two attached hydrogens (primary N) is 1. The van der Waals surface area contributed by atoms with Crippen molar-refractivity contribution in [3.63, 3.8) is 0 Å². The third kappa shape index (κ3) is 2.32. The van der Waals surface area contributed by atoms with E-state index >= 15 is 0 Å². The quantitative estimate of drug-likeness (QED) is 0.623. The molecule has 2 N–H and O–H groups in total. The van der Waals surface area contributed by atoms with Crippen molar-refractivity contribution in [1.29, 1.82) is 0 Å². The van der Waals surface area contributed by atoms with Crippen molar-refractivity contribution in [1.82, 2.24) is 4.57 Å². The van der Waals surface area contributed by atoms with Crippen molar-refractivity contribution in [2.75, 3.05) is 6.54 Å². The number of aromatic nitrogens is 1. The summed E-state index contributed by atoms with van der Waals surface area (Å²) in [5.74, 6) is 0.180. The normalized spacial score (nSPS) is 11.4. The van der Waals surface area contributed by atoms with Crippen LogP contribution < -0.4 is 5.73 Å². The molecular weight excluding hydrogens is 300 g/mol. The highest BCUT2D eigenvalue weighted by Crippen LogP contribution is 2.25. The van der Waals surface area contributed by atoms with Crippen LogP contribution in [-0.2, 0) is 6.42 Å². The maximum atomic E-state index is 13.0. The first-order chi connectivity index (χ1) is 11.7. The number of rotatable bonds is 3. The molecule has 4 aromatic rings. The van der Waals surface area contributed by atoms with Gasteiger partial charge in [-0.3, -0.25) is 9.36 Å². The number of hydrogen-bond donors (Lipinski definition) is 1. The lowest BCUT2D eigenvalue weighted by Gasteiger charge is -2.00. The first kappa shape index (κ1) is 14.7. The van der Waals surface area contributed by atoms with E-state index in [0.717, 1.165) is 39.4 Å². The molecule has 0 saturated carbocycles. The Morgan fingerprint density at radius 2 is 2.00 bits per heavy atom. The van der Waals surface area contributed by atoms with E-state index in [1.54, 1.807) is 10.6 Å². The van der Waals surface area contributed by atoms with E-state index in [-0.39, 0.29) is 5.91 Å². The van der Waals surface area contributed by atoms with Crippen molar-refractivity contribution >= 4 is 27.8 Å². The zero-order valence-corrected chi connectivity index (χ0v) is 13.5. The molecule has 120 valence electrons. The van der Waals surface area contributed by atoms with Crippen molar-refractivity contribution in [3.05, 3.63) is 71.6 Å². The van der Waals surface area contributed by atoms with Crippen LogP contribution in [0.1, 0.15) is 21.7 Å². The van der Waals surface area contributed by atoms with Gasteiger partial charge in [0.15, 0.2) is 5.76 Å². The second-order valence-electron chi connectivity index (χ2n) is 6.04. The molecule has 0 spiro atoms. The fourth-order valence-corrected chi connectivity index (χ4v) is 3.14. The lowest BCUT2D eigenvalue weighted by Crippen LogP contribution is -2.09. The van der Waals surface area contributed by atoms with Crippen LogP contribution in [0.5, 0.6) is 0 Å². The average Bonchev–Trinajstić information content (AvgIpc) is 3.16. The van der Waals surface area contributed by atoms with Gasteiger partial charge in [-0.1, -0.05) is 30.3 Å². The van der Waals surface area contributed by atoms with Crippen molar-refractivity contribution in [2.45, 2.75) is 13.3 Å². The van der Waals surface area contributed by atoms with Gasteiger partial charge in [-0.25, -0.2) is 0 Å². The molecule has 24 heavy (non-hydrogen) atoms. The van der Waals surface area contributed by atoms with Crippen molar-refractivity contribution in [2.24, 2.45) is 5.73 Å². The molecule has 4 nitrogen and oxygen atoms in total. The zero-order valence-electron chi connectivity index (χ0n) is 13.5. The maximum absolute atomic E-state index is 13.0. The second kappa shape index (κ2) is 5.65. The monoisotopic (exact) mass is 318 g/mol. The molecule has 4 heteroatoms. The molecule has 2 aromatic heterocycles.